The van der Waals surface area contributed by atoms with Crippen molar-refractivity contribution in [3.63, 3.8) is 0 Å². The molecule has 1 atom stereocenters. The van der Waals surface area contributed by atoms with Gasteiger partial charge in [-0.05, 0) is 17.5 Å². The van der Waals surface area contributed by atoms with Crippen molar-refractivity contribution < 1.29 is 4.79 Å². The maximum absolute atomic E-state index is 12.3. The van der Waals surface area contributed by atoms with E-state index in [4.69, 9.17) is 11.6 Å². The Morgan fingerprint density at radius 3 is 2.50 bits per heavy atom. The normalized spacial score (nSPS) is 12.2. The molecule has 0 aliphatic rings. The number of pyridine rings is 1. The molecule has 20 heavy (non-hydrogen) atoms. The molecule has 0 spiro atoms. The summed E-state index contributed by atoms with van der Waals surface area (Å²) < 4.78 is 0. The number of amides is 1. The van der Waals surface area contributed by atoms with Gasteiger partial charge in [-0.3, -0.25) is 9.78 Å². The van der Waals surface area contributed by atoms with E-state index in [1.165, 1.54) is 6.20 Å². The van der Waals surface area contributed by atoms with Gasteiger partial charge in [0, 0.05) is 12.4 Å². The fourth-order valence-corrected chi connectivity index (χ4v) is 2.25. The number of halogens is 1. The molecule has 0 aliphatic carbocycles. The van der Waals surface area contributed by atoms with Crippen molar-refractivity contribution >= 4 is 17.5 Å². The highest BCUT2D eigenvalue weighted by Gasteiger charge is 2.20. The molecule has 1 N–H and O–H groups in total. The minimum absolute atomic E-state index is 0.0556. The van der Waals surface area contributed by atoms with E-state index in [0.29, 0.717) is 10.6 Å². The van der Waals surface area contributed by atoms with E-state index in [0.717, 1.165) is 5.56 Å². The monoisotopic (exact) mass is 288 g/mol. The first-order valence-electron chi connectivity index (χ1n) is 6.55. The van der Waals surface area contributed by atoms with E-state index in [1.54, 1.807) is 12.3 Å². The van der Waals surface area contributed by atoms with Gasteiger partial charge in [0.05, 0.1) is 16.6 Å². The number of rotatable bonds is 4. The first-order valence-corrected chi connectivity index (χ1v) is 6.92. The van der Waals surface area contributed by atoms with Crippen LogP contribution in [0.4, 0.5) is 0 Å². The third kappa shape index (κ3) is 3.36. The Labute approximate surface area is 124 Å². The largest absolute Gasteiger partial charge is 0.345 e. The molecule has 0 radical (unpaired) electrons. The molecule has 1 unspecified atom stereocenters. The predicted molar refractivity (Wildman–Crippen MR) is 80.7 cm³/mol. The highest BCUT2D eigenvalue weighted by atomic mass is 35.5. The maximum atomic E-state index is 12.3. The van der Waals surface area contributed by atoms with Crippen LogP contribution in [-0.2, 0) is 0 Å². The lowest BCUT2D eigenvalue weighted by molar-refractivity contribution is 0.0925. The van der Waals surface area contributed by atoms with Crippen molar-refractivity contribution in [1.29, 1.82) is 0 Å². The van der Waals surface area contributed by atoms with Crippen LogP contribution >= 0.6 is 11.6 Å². The molecule has 0 saturated heterocycles. The molecule has 2 rings (SSSR count). The van der Waals surface area contributed by atoms with Gasteiger partial charge in [0.15, 0.2) is 0 Å². The Morgan fingerprint density at radius 1 is 1.20 bits per heavy atom. The lowest BCUT2D eigenvalue weighted by atomic mass is 9.96. The van der Waals surface area contributed by atoms with Gasteiger partial charge in [0.1, 0.15) is 0 Å². The Kier molecular flexibility index (Phi) is 4.74. The quantitative estimate of drug-likeness (QED) is 0.928. The summed E-state index contributed by atoms with van der Waals surface area (Å²) in [5, 5.41) is 3.44. The van der Waals surface area contributed by atoms with E-state index < -0.39 is 0 Å². The van der Waals surface area contributed by atoms with Gasteiger partial charge in [-0.2, -0.15) is 0 Å². The second kappa shape index (κ2) is 6.53. The molecule has 0 aliphatic heterocycles. The van der Waals surface area contributed by atoms with Crippen molar-refractivity contribution in [2.45, 2.75) is 19.9 Å². The first-order chi connectivity index (χ1) is 9.59. The smallest absolute Gasteiger partial charge is 0.254 e. The van der Waals surface area contributed by atoms with Gasteiger partial charge < -0.3 is 5.32 Å². The summed E-state index contributed by atoms with van der Waals surface area (Å²) >= 11 is 6.03. The molecule has 1 aromatic carbocycles. The van der Waals surface area contributed by atoms with Crippen LogP contribution in [0.25, 0.3) is 0 Å². The molecule has 104 valence electrons. The van der Waals surface area contributed by atoms with Gasteiger partial charge in [0.2, 0.25) is 0 Å². The van der Waals surface area contributed by atoms with Gasteiger partial charge in [-0.25, -0.2) is 0 Å². The number of carbonyl (C=O) groups is 1. The van der Waals surface area contributed by atoms with Crippen LogP contribution in [0.5, 0.6) is 0 Å². The van der Waals surface area contributed by atoms with Crippen molar-refractivity contribution in [1.82, 2.24) is 10.3 Å². The van der Waals surface area contributed by atoms with Crippen molar-refractivity contribution in [3.05, 3.63) is 64.9 Å². The number of nitrogens with zero attached hydrogens (tertiary/aromatic N) is 1. The summed E-state index contributed by atoms with van der Waals surface area (Å²) in [7, 11) is 0. The molecule has 2 aromatic rings. The molecular formula is C16H17ClN2O. The first kappa shape index (κ1) is 14.5. The molecule has 0 saturated carbocycles. The number of hydrogen-bond acceptors (Lipinski definition) is 2. The van der Waals surface area contributed by atoms with Crippen LogP contribution in [0.3, 0.4) is 0 Å². The Balaban J connectivity index is 2.22. The van der Waals surface area contributed by atoms with Gasteiger partial charge in [-0.15, -0.1) is 0 Å². The summed E-state index contributed by atoms with van der Waals surface area (Å²) in [4.78, 5) is 16.3. The average molecular weight is 289 g/mol. The maximum Gasteiger partial charge on any atom is 0.254 e. The third-order valence-electron chi connectivity index (χ3n) is 3.12. The number of benzene rings is 1. The van der Waals surface area contributed by atoms with Crippen LogP contribution in [0.2, 0.25) is 5.02 Å². The minimum atomic E-state index is -0.203. The van der Waals surface area contributed by atoms with Gasteiger partial charge in [0.25, 0.3) is 5.91 Å². The zero-order valence-corrected chi connectivity index (χ0v) is 12.3. The van der Waals surface area contributed by atoms with E-state index in [2.05, 4.69) is 24.1 Å². The summed E-state index contributed by atoms with van der Waals surface area (Å²) in [6, 6.07) is 11.5. The van der Waals surface area contributed by atoms with Crippen LogP contribution in [0, 0.1) is 5.92 Å². The van der Waals surface area contributed by atoms with Crippen molar-refractivity contribution in [2.75, 3.05) is 0 Å². The fraction of sp³-hybridized carbons (Fsp3) is 0.250. The highest BCUT2D eigenvalue weighted by Crippen LogP contribution is 2.23. The number of hydrogen-bond donors (Lipinski definition) is 1. The SMILES string of the molecule is CC(C)C(NC(=O)c1cnccc1Cl)c1ccccc1. The Hall–Kier alpha value is -1.87. The van der Waals surface area contributed by atoms with Crippen LogP contribution in [-0.4, -0.2) is 10.9 Å². The van der Waals surface area contributed by atoms with E-state index in [1.807, 2.05) is 30.3 Å². The Bertz CT molecular complexity index is 584. The summed E-state index contributed by atoms with van der Waals surface area (Å²) in [5.41, 5.74) is 1.48. The topological polar surface area (TPSA) is 42.0 Å². The molecular weight excluding hydrogens is 272 g/mol. The highest BCUT2D eigenvalue weighted by molar-refractivity contribution is 6.33. The lowest BCUT2D eigenvalue weighted by Crippen LogP contribution is -2.32. The van der Waals surface area contributed by atoms with Gasteiger partial charge in [-0.1, -0.05) is 55.8 Å². The summed E-state index contributed by atoms with van der Waals surface area (Å²) in [5.74, 6) is 0.0717. The number of nitrogens with one attached hydrogen (secondary N) is 1. The predicted octanol–water partition coefficient (Wildman–Crippen LogP) is 3.86. The molecule has 1 amide bonds. The number of aromatic nitrogens is 1. The zero-order valence-electron chi connectivity index (χ0n) is 11.5. The molecule has 3 nitrogen and oxygen atoms in total. The average Bonchev–Trinajstić information content (AvgIpc) is 2.45. The van der Waals surface area contributed by atoms with Crippen LogP contribution in [0.1, 0.15) is 35.8 Å². The minimum Gasteiger partial charge on any atom is -0.345 e. The molecule has 0 bridgehead atoms. The molecule has 4 heteroatoms. The van der Waals surface area contributed by atoms with E-state index in [-0.39, 0.29) is 17.9 Å². The fourth-order valence-electron chi connectivity index (χ4n) is 2.06. The molecule has 1 heterocycles. The molecule has 1 aromatic heterocycles. The van der Waals surface area contributed by atoms with Gasteiger partial charge >= 0.3 is 0 Å². The zero-order chi connectivity index (χ0) is 14.5. The van der Waals surface area contributed by atoms with Crippen molar-refractivity contribution in [2.24, 2.45) is 5.92 Å². The summed E-state index contributed by atoms with van der Waals surface area (Å²) in [6.07, 6.45) is 3.05. The van der Waals surface area contributed by atoms with Crippen molar-refractivity contribution in [3.8, 4) is 0 Å². The Morgan fingerprint density at radius 2 is 1.90 bits per heavy atom. The summed E-state index contributed by atoms with van der Waals surface area (Å²) in [6.45, 7) is 4.14. The number of carbonyl (C=O) groups excluding carboxylic acids is 1. The molecule has 0 fully saturated rings. The lowest BCUT2D eigenvalue weighted by Gasteiger charge is -2.23. The van der Waals surface area contributed by atoms with Crippen LogP contribution < -0.4 is 5.32 Å². The standard InChI is InChI=1S/C16H17ClN2O/c1-11(2)15(12-6-4-3-5-7-12)19-16(20)13-10-18-9-8-14(13)17/h3-11,15H,1-2H3,(H,19,20). The van der Waals surface area contributed by atoms with E-state index >= 15 is 0 Å². The third-order valence-corrected chi connectivity index (χ3v) is 3.45. The van der Waals surface area contributed by atoms with E-state index in [9.17, 15) is 4.79 Å². The van der Waals surface area contributed by atoms with Crippen LogP contribution in [0.15, 0.2) is 48.8 Å². The second-order valence-corrected chi connectivity index (χ2v) is 5.37. The second-order valence-electron chi connectivity index (χ2n) is 4.96.